The molecule has 16 heavy (non-hydrogen) atoms. The van der Waals surface area contributed by atoms with Crippen LogP contribution < -0.4 is 0 Å². The van der Waals surface area contributed by atoms with Crippen LogP contribution in [0.4, 0.5) is 0 Å². The molecule has 0 aliphatic rings. The molecule has 1 aromatic rings. The number of carbonyl (C=O) groups excluding carboxylic acids is 1. The molecule has 0 aliphatic carbocycles. The maximum Gasteiger partial charge on any atom is 0.331 e. The van der Waals surface area contributed by atoms with Gasteiger partial charge in [0.25, 0.3) is 0 Å². The lowest BCUT2D eigenvalue weighted by Gasteiger charge is -2.03. The van der Waals surface area contributed by atoms with E-state index < -0.39 is 12.1 Å². The third kappa shape index (κ3) is 4.20. The summed E-state index contributed by atoms with van der Waals surface area (Å²) in [5.74, 6) is 1.85. The lowest BCUT2D eigenvalue weighted by atomic mass is 10.2. The fourth-order valence-electron chi connectivity index (χ4n) is 0.986. The first-order chi connectivity index (χ1) is 7.61. The van der Waals surface area contributed by atoms with Crippen molar-refractivity contribution in [3.8, 4) is 12.3 Å². The number of carbonyl (C=O) groups is 1. The van der Waals surface area contributed by atoms with Gasteiger partial charge < -0.3 is 4.74 Å². The van der Waals surface area contributed by atoms with Gasteiger partial charge in [-0.15, -0.1) is 6.42 Å². The molecule has 1 atom stereocenters. The molecule has 0 fully saturated rings. The topological polar surface area (TPSA) is 26.3 Å². The van der Waals surface area contributed by atoms with Crippen molar-refractivity contribution >= 4 is 23.6 Å². The zero-order valence-electron chi connectivity index (χ0n) is 8.81. The van der Waals surface area contributed by atoms with Crippen molar-refractivity contribution in [1.82, 2.24) is 0 Å². The molecule has 0 amide bonds. The number of esters is 1. The Balaban J connectivity index is 2.57. The first-order valence-corrected chi connectivity index (χ1v) is 5.10. The van der Waals surface area contributed by atoms with Crippen molar-refractivity contribution in [1.29, 1.82) is 0 Å². The SMILES string of the molecule is C#CC(C)OC(=O)C=Cc1ccc(Cl)cc1. The Morgan fingerprint density at radius 1 is 1.50 bits per heavy atom. The number of hydrogen-bond donors (Lipinski definition) is 0. The Kier molecular flexibility index (Phi) is 4.63. The second kappa shape index (κ2) is 5.99. The van der Waals surface area contributed by atoms with Gasteiger partial charge >= 0.3 is 5.97 Å². The van der Waals surface area contributed by atoms with E-state index in [-0.39, 0.29) is 0 Å². The summed E-state index contributed by atoms with van der Waals surface area (Å²) in [6.07, 6.45) is 7.54. The molecule has 3 heteroatoms. The highest BCUT2D eigenvalue weighted by Crippen LogP contribution is 2.10. The number of rotatable bonds is 3. The van der Waals surface area contributed by atoms with Crippen LogP contribution in [0.5, 0.6) is 0 Å². The van der Waals surface area contributed by atoms with Crippen LogP contribution >= 0.6 is 11.6 Å². The number of terminal acetylenes is 1. The molecule has 0 saturated carbocycles. The lowest BCUT2D eigenvalue weighted by molar-refractivity contribution is -0.139. The van der Waals surface area contributed by atoms with Crippen LogP contribution in [0.3, 0.4) is 0 Å². The molecule has 0 saturated heterocycles. The maximum atomic E-state index is 11.2. The van der Waals surface area contributed by atoms with E-state index in [4.69, 9.17) is 22.8 Å². The van der Waals surface area contributed by atoms with Crippen molar-refractivity contribution < 1.29 is 9.53 Å². The van der Waals surface area contributed by atoms with Crippen LogP contribution in [0.25, 0.3) is 6.08 Å². The largest absolute Gasteiger partial charge is 0.446 e. The molecule has 82 valence electrons. The normalized spacial score (nSPS) is 12.1. The first kappa shape index (κ1) is 12.4. The van der Waals surface area contributed by atoms with E-state index in [1.165, 1.54) is 6.08 Å². The molecule has 1 rings (SSSR count). The predicted molar refractivity (Wildman–Crippen MR) is 64.9 cm³/mol. The molecule has 0 radical (unpaired) electrons. The summed E-state index contributed by atoms with van der Waals surface area (Å²) in [6, 6.07) is 7.10. The molecule has 0 heterocycles. The van der Waals surface area contributed by atoms with Gasteiger partial charge in [0.2, 0.25) is 0 Å². The molecule has 0 spiro atoms. The molecular weight excluding hydrogens is 224 g/mol. The quantitative estimate of drug-likeness (QED) is 0.457. The fourth-order valence-corrected chi connectivity index (χ4v) is 1.11. The van der Waals surface area contributed by atoms with E-state index in [1.807, 2.05) is 0 Å². The Bertz CT molecular complexity index is 426. The van der Waals surface area contributed by atoms with Crippen molar-refractivity contribution in [2.45, 2.75) is 13.0 Å². The van der Waals surface area contributed by atoms with E-state index in [0.717, 1.165) is 5.56 Å². The Morgan fingerprint density at radius 3 is 2.69 bits per heavy atom. The third-order valence-corrected chi connectivity index (χ3v) is 2.06. The van der Waals surface area contributed by atoms with Crippen LogP contribution in [-0.4, -0.2) is 12.1 Å². The first-order valence-electron chi connectivity index (χ1n) is 4.72. The van der Waals surface area contributed by atoms with Crippen LogP contribution in [0.2, 0.25) is 5.02 Å². The number of halogens is 1. The minimum atomic E-state index is -0.512. The van der Waals surface area contributed by atoms with Gasteiger partial charge in [-0.1, -0.05) is 29.7 Å². The van der Waals surface area contributed by atoms with Gasteiger partial charge in [-0.3, -0.25) is 0 Å². The maximum absolute atomic E-state index is 11.2. The molecule has 0 aromatic heterocycles. The second-order valence-electron chi connectivity index (χ2n) is 3.13. The van der Waals surface area contributed by atoms with Crippen molar-refractivity contribution in [2.24, 2.45) is 0 Å². The van der Waals surface area contributed by atoms with Crippen molar-refractivity contribution in [2.75, 3.05) is 0 Å². The minimum Gasteiger partial charge on any atom is -0.446 e. The van der Waals surface area contributed by atoms with E-state index in [0.29, 0.717) is 5.02 Å². The molecule has 0 N–H and O–H groups in total. The van der Waals surface area contributed by atoms with Gasteiger partial charge in [0.05, 0.1) is 0 Å². The van der Waals surface area contributed by atoms with Gasteiger partial charge in [0.15, 0.2) is 6.10 Å². The highest BCUT2D eigenvalue weighted by atomic mass is 35.5. The zero-order chi connectivity index (χ0) is 12.0. The monoisotopic (exact) mass is 234 g/mol. The zero-order valence-corrected chi connectivity index (χ0v) is 9.57. The summed E-state index contributed by atoms with van der Waals surface area (Å²) in [6.45, 7) is 1.63. The number of benzene rings is 1. The molecule has 1 aromatic carbocycles. The van der Waals surface area contributed by atoms with Crippen molar-refractivity contribution in [3.63, 3.8) is 0 Å². The number of ether oxygens (including phenoxy) is 1. The smallest absolute Gasteiger partial charge is 0.331 e. The van der Waals surface area contributed by atoms with Crippen LogP contribution in [0.1, 0.15) is 12.5 Å². The summed E-state index contributed by atoms with van der Waals surface area (Å²) in [5.41, 5.74) is 0.870. The summed E-state index contributed by atoms with van der Waals surface area (Å²) in [4.78, 5) is 11.2. The standard InChI is InChI=1S/C13H11ClO2/c1-3-10(2)16-13(15)9-6-11-4-7-12(14)8-5-11/h1,4-10H,2H3. The predicted octanol–water partition coefficient (Wildman–Crippen LogP) is 2.92. The van der Waals surface area contributed by atoms with Crippen LogP contribution in [-0.2, 0) is 9.53 Å². The van der Waals surface area contributed by atoms with Crippen LogP contribution in [0.15, 0.2) is 30.3 Å². The average molecular weight is 235 g/mol. The Hall–Kier alpha value is -1.72. The molecular formula is C13H11ClO2. The number of hydrogen-bond acceptors (Lipinski definition) is 2. The lowest BCUT2D eigenvalue weighted by Crippen LogP contribution is -2.10. The molecule has 1 unspecified atom stereocenters. The van der Waals surface area contributed by atoms with Gasteiger partial charge in [-0.05, 0) is 30.7 Å². The average Bonchev–Trinajstić information content (AvgIpc) is 2.28. The molecule has 2 nitrogen and oxygen atoms in total. The third-order valence-electron chi connectivity index (χ3n) is 1.81. The van der Waals surface area contributed by atoms with E-state index >= 15 is 0 Å². The summed E-state index contributed by atoms with van der Waals surface area (Å²) >= 11 is 5.72. The highest BCUT2D eigenvalue weighted by molar-refractivity contribution is 6.30. The van der Waals surface area contributed by atoms with Gasteiger partial charge in [0, 0.05) is 11.1 Å². The highest BCUT2D eigenvalue weighted by Gasteiger charge is 2.01. The van der Waals surface area contributed by atoms with Gasteiger partial charge in [-0.25, -0.2) is 4.79 Å². The second-order valence-corrected chi connectivity index (χ2v) is 3.57. The van der Waals surface area contributed by atoms with Gasteiger partial charge in [0.1, 0.15) is 0 Å². The summed E-state index contributed by atoms with van der Waals surface area (Å²) in [7, 11) is 0. The fraction of sp³-hybridized carbons (Fsp3) is 0.154. The van der Waals surface area contributed by atoms with E-state index in [9.17, 15) is 4.79 Å². The van der Waals surface area contributed by atoms with E-state index in [1.54, 1.807) is 37.3 Å². The Labute approximate surface area is 99.9 Å². The molecule has 0 bridgehead atoms. The summed E-state index contributed by atoms with van der Waals surface area (Å²) in [5, 5.41) is 0.653. The van der Waals surface area contributed by atoms with Crippen LogP contribution in [0, 0.1) is 12.3 Å². The summed E-state index contributed by atoms with van der Waals surface area (Å²) < 4.78 is 4.86. The van der Waals surface area contributed by atoms with E-state index in [2.05, 4.69) is 5.92 Å². The van der Waals surface area contributed by atoms with Gasteiger partial charge in [-0.2, -0.15) is 0 Å². The Morgan fingerprint density at radius 2 is 2.12 bits per heavy atom. The minimum absolute atomic E-state index is 0.458. The molecule has 0 aliphatic heterocycles. The van der Waals surface area contributed by atoms with Crippen molar-refractivity contribution in [3.05, 3.63) is 40.9 Å².